The number of hydrogen-bond acceptors (Lipinski definition) is 4. The standard InChI is InChI=1S/C17H26N4O/c1-19(2)16-8-7-14(11-18-16)12-20-9-3-5-15(13-20)21-10-4-6-17(21)22/h7-8,11,15H,3-6,9-10,12-13H2,1-2H3/t15-/m0/s1. The van der Waals surface area contributed by atoms with Crippen molar-refractivity contribution in [1.29, 1.82) is 0 Å². The van der Waals surface area contributed by atoms with Crippen LogP contribution in [0.25, 0.3) is 0 Å². The van der Waals surface area contributed by atoms with E-state index in [9.17, 15) is 4.79 Å². The molecule has 120 valence electrons. The Labute approximate surface area is 132 Å². The van der Waals surface area contributed by atoms with Crippen LogP contribution >= 0.6 is 0 Å². The number of nitrogens with zero attached hydrogens (tertiary/aromatic N) is 4. The van der Waals surface area contributed by atoms with Crippen LogP contribution in [0.4, 0.5) is 5.82 Å². The van der Waals surface area contributed by atoms with Crippen molar-refractivity contribution >= 4 is 11.7 Å². The first kappa shape index (κ1) is 15.3. The molecule has 3 rings (SSSR count). The predicted molar refractivity (Wildman–Crippen MR) is 87.8 cm³/mol. The highest BCUT2D eigenvalue weighted by molar-refractivity contribution is 5.78. The second-order valence-electron chi connectivity index (χ2n) is 6.64. The van der Waals surface area contributed by atoms with E-state index in [1.807, 2.05) is 25.2 Å². The lowest BCUT2D eigenvalue weighted by atomic mass is 10.0. The van der Waals surface area contributed by atoms with Gasteiger partial charge in [-0.1, -0.05) is 6.07 Å². The lowest BCUT2D eigenvalue weighted by molar-refractivity contribution is -0.130. The molecule has 1 aromatic heterocycles. The second-order valence-corrected chi connectivity index (χ2v) is 6.64. The number of piperidine rings is 1. The predicted octanol–water partition coefficient (Wildman–Crippen LogP) is 1.73. The van der Waals surface area contributed by atoms with Crippen LogP contribution in [0.2, 0.25) is 0 Å². The summed E-state index contributed by atoms with van der Waals surface area (Å²) in [5, 5.41) is 0. The zero-order valence-electron chi connectivity index (χ0n) is 13.7. The number of carbonyl (C=O) groups excluding carboxylic acids is 1. The largest absolute Gasteiger partial charge is 0.363 e. The third-order valence-electron chi connectivity index (χ3n) is 4.70. The van der Waals surface area contributed by atoms with Crippen LogP contribution in [0, 0.1) is 0 Å². The lowest BCUT2D eigenvalue weighted by Gasteiger charge is -2.37. The topological polar surface area (TPSA) is 39.7 Å². The van der Waals surface area contributed by atoms with Gasteiger partial charge in [0.05, 0.1) is 0 Å². The van der Waals surface area contributed by atoms with Crippen molar-refractivity contribution in [3.05, 3.63) is 23.9 Å². The molecule has 2 aliphatic heterocycles. The van der Waals surface area contributed by atoms with Gasteiger partial charge < -0.3 is 9.80 Å². The van der Waals surface area contributed by atoms with Gasteiger partial charge in [0, 0.05) is 52.4 Å². The summed E-state index contributed by atoms with van der Waals surface area (Å²) < 4.78 is 0. The van der Waals surface area contributed by atoms with Gasteiger partial charge in [0.15, 0.2) is 0 Å². The van der Waals surface area contributed by atoms with Crippen LogP contribution in [0.3, 0.4) is 0 Å². The molecule has 0 N–H and O–H groups in total. The maximum atomic E-state index is 11.9. The van der Waals surface area contributed by atoms with Crippen molar-refractivity contribution in [3.8, 4) is 0 Å². The minimum atomic E-state index is 0.351. The van der Waals surface area contributed by atoms with Crippen LogP contribution < -0.4 is 4.90 Å². The molecule has 0 radical (unpaired) electrons. The molecular formula is C17H26N4O. The molecule has 5 heteroatoms. The molecule has 0 saturated carbocycles. The van der Waals surface area contributed by atoms with E-state index < -0.39 is 0 Å². The number of amides is 1. The summed E-state index contributed by atoms with van der Waals surface area (Å²) in [6, 6.07) is 4.64. The van der Waals surface area contributed by atoms with Gasteiger partial charge in [0.2, 0.25) is 5.91 Å². The fraction of sp³-hybridized carbons (Fsp3) is 0.647. The molecule has 0 aliphatic carbocycles. The highest BCUT2D eigenvalue weighted by Gasteiger charge is 2.31. The van der Waals surface area contributed by atoms with Crippen LogP contribution in [-0.2, 0) is 11.3 Å². The summed E-state index contributed by atoms with van der Waals surface area (Å²) in [6.07, 6.45) is 6.08. The summed E-state index contributed by atoms with van der Waals surface area (Å²) in [6.45, 7) is 4.00. The quantitative estimate of drug-likeness (QED) is 0.849. The molecule has 0 unspecified atom stereocenters. The third-order valence-corrected chi connectivity index (χ3v) is 4.70. The molecule has 1 amide bonds. The average Bonchev–Trinajstić information content (AvgIpc) is 2.94. The van der Waals surface area contributed by atoms with E-state index in [2.05, 4.69) is 26.9 Å². The zero-order valence-corrected chi connectivity index (χ0v) is 13.7. The van der Waals surface area contributed by atoms with Gasteiger partial charge in [-0.2, -0.15) is 0 Å². The number of aromatic nitrogens is 1. The Bertz CT molecular complexity index is 514. The first-order chi connectivity index (χ1) is 10.6. The van der Waals surface area contributed by atoms with E-state index in [0.717, 1.165) is 51.3 Å². The zero-order chi connectivity index (χ0) is 15.5. The van der Waals surface area contributed by atoms with Gasteiger partial charge in [-0.15, -0.1) is 0 Å². The van der Waals surface area contributed by atoms with E-state index >= 15 is 0 Å². The maximum absolute atomic E-state index is 11.9. The third kappa shape index (κ3) is 3.40. The minimum Gasteiger partial charge on any atom is -0.363 e. The molecule has 2 fully saturated rings. The molecule has 2 saturated heterocycles. The van der Waals surface area contributed by atoms with Crippen molar-refractivity contribution in [2.75, 3.05) is 38.6 Å². The summed E-state index contributed by atoms with van der Waals surface area (Å²) in [4.78, 5) is 23.0. The molecule has 2 aliphatic rings. The lowest BCUT2D eigenvalue weighted by Crippen LogP contribution is -2.48. The molecule has 0 spiro atoms. The maximum Gasteiger partial charge on any atom is 0.222 e. The Kier molecular flexibility index (Phi) is 4.62. The van der Waals surface area contributed by atoms with Gasteiger partial charge in [-0.25, -0.2) is 4.98 Å². The average molecular weight is 302 g/mol. The normalized spacial score (nSPS) is 23.1. The summed E-state index contributed by atoms with van der Waals surface area (Å²) >= 11 is 0. The SMILES string of the molecule is CN(C)c1ccc(CN2CCC[C@H](N3CCCC3=O)C2)cn1. The molecule has 1 atom stereocenters. The Morgan fingerprint density at radius 1 is 1.27 bits per heavy atom. The summed E-state index contributed by atoms with van der Waals surface area (Å²) in [5.74, 6) is 1.34. The highest BCUT2D eigenvalue weighted by atomic mass is 16.2. The van der Waals surface area contributed by atoms with Crippen LogP contribution in [0.5, 0.6) is 0 Å². The number of likely N-dealkylation sites (tertiary alicyclic amines) is 2. The first-order valence-electron chi connectivity index (χ1n) is 8.27. The number of hydrogen-bond donors (Lipinski definition) is 0. The Balaban J connectivity index is 1.59. The molecular weight excluding hydrogens is 276 g/mol. The number of rotatable bonds is 4. The van der Waals surface area contributed by atoms with Gasteiger partial charge in [-0.05, 0) is 37.4 Å². The fourth-order valence-electron chi connectivity index (χ4n) is 3.52. The van der Waals surface area contributed by atoms with Crippen molar-refractivity contribution in [1.82, 2.24) is 14.8 Å². The molecule has 1 aromatic rings. The molecule has 0 bridgehead atoms. The highest BCUT2D eigenvalue weighted by Crippen LogP contribution is 2.22. The van der Waals surface area contributed by atoms with Crippen molar-refractivity contribution in [3.63, 3.8) is 0 Å². The number of carbonyl (C=O) groups is 1. The van der Waals surface area contributed by atoms with Gasteiger partial charge in [0.25, 0.3) is 0 Å². The van der Waals surface area contributed by atoms with E-state index in [-0.39, 0.29) is 0 Å². The Morgan fingerprint density at radius 2 is 2.14 bits per heavy atom. The van der Waals surface area contributed by atoms with Crippen molar-refractivity contribution in [2.24, 2.45) is 0 Å². The van der Waals surface area contributed by atoms with E-state index in [4.69, 9.17) is 0 Å². The molecule has 3 heterocycles. The van der Waals surface area contributed by atoms with E-state index in [1.54, 1.807) is 0 Å². The molecule has 0 aromatic carbocycles. The van der Waals surface area contributed by atoms with Crippen molar-refractivity contribution < 1.29 is 4.79 Å². The fourth-order valence-corrected chi connectivity index (χ4v) is 3.52. The summed E-state index contributed by atoms with van der Waals surface area (Å²) in [5.41, 5.74) is 1.25. The number of anilines is 1. The number of pyridine rings is 1. The van der Waals surface area contributed by atoms with E-state index in [1.165, 1.54) is 12.0 Å². The monoisotopic (exact) mass is 302 g/mol. The van der Waals surface area contributed by atoms with Crippen LogP contribution in [0.15, 0.2) is 18.3 Å². The Hall–Kier alpha value is -1.62. The first-order valence-corrected chi connectivity index (χ1v) is 8.27. The van der Waals surface area contributed by atoms with Gasteiger partial charge in [0.1, 0.15) is 5.82 Å². The van der Waals surface area contributed by atoms with Crippen LogP contribution in [-0.4, -0.2) is 60.5 Å². The minimum absolute atomic E-state index is 0.351. The molecule has 22 heavy (non-hydrogen) atoms. The summed E-state index contributed by atoms with van der Waals surface area (Å²) in [7, 11) is 4.01. The van der Waals surface area contributed by atoms with Gasteiger partial charge >= 0.3 is 0 Å². The van der Waals surface area contributed by atoms with Gasteiger partial charge in [-0.3, -0.25) is 9.69 Å². The van der Waals surface area contributed by atoms with Crippen LogP contribution in [0.1, 0.15) is 31.2 Å². The second kappa shape index (κ2) is 6.65. The van der Waals surface area contributed by atoms with E-state index in [0.29, 0.717) is 11.9 Å². The molecule has 5 nitrogen and oxygen atoms in total. The van der Waals surface area contributed by atoms with Crippen molar-refractivity contribution in [2.45, 2.75) is 38.3 Å². The smallest absolute Gasteiger partial charge is 0.222 e. The Morgan fingerprint density at radius 3 is 2.77 bits per heavy atom.